The summed E-state index contributed by atoms with van der Waals surface area (Å²) in [5, 5.41) is 0. The smallest absolute Gasteiger partial charge is 0.139 e. The Morgan fingerprint density at radius 1 is 0.403 bits per heavy atom. The molecule has 0 bridgehead atoms. The molecule has 1 aliphatic rings. The third-order valence-corrected chi connectivity index (χ3v) is 14.0. The van der Waals surface area contributed by atoms with Crippen molar-refractivity contribution < 1.29 is 9.47 Å². The molecular weight excluding hydrogens is 945 g/mol. The number of pyridine rings is 2. The van der Waals surface area contributed by atoms with Crippen molar-refractivity contribution in [2.75, 3.05) is 13.2 Å². The Hall–Kier alpha value is -7.94. The molecule has 0 N–H and O–H groups in total. The first kappa shape index (κ1) is 56.8. The molecule has 0 aliphatic carbocycles. The van der Waals surface area contributed by atoms with Gasteiger partial charge in [0, 0.05) is 64.7 Å². The van der Waals surface area contributed by atoms with E-state index in [1.165, 1.54) is 86.2 Å². The highest BCUT2D eigenvalue weighted by Crippen LogP contribution is 2.33. The Bertz CT molecular complexity index is 3180. The van der Waals surface area contributed by atoms with Crippen molar-refractivity contribution in [3.05, 3.63) is 267 Å². The lowest BCUT2D eigenvalue weighted by Crippen LogP contribution is -2.12. The van der Waals surface area contributed by atoms with E-state index in [9.17, 15) is 0 Å². The predicted molar refractivity (Wildman–Crippen MR) is 320 cm³/mol. The van der Waals surface area contributed by atoms with E-state index in [4.69, 9.17) is 19.4 Å². The molecule has 0 saturated carbocycles. The summed E-state index contributed by atoms with van der Waals surface area (Å²) in [6.07, 6.45) is 4.31. The van der Waals surface area contributed by atoms with E-state index in [0.29, 0.717) is 6.61 Å². The fourth-order valence-corrected chi connectivity index (χ4v) is 10.1. The van der Waals surface area contributed by atoms with Gasteiger partial charge in [-0.15, -0.1) is 0 Å². The number of hydrogen-bond acceptors (Lipinski definition) is 4. The second-order valence-electron chi connectivity index (χ2n) is 19.7. The van der Waals surface area contributed by atoms with Crippen LogP contribution >= 0.6 is 0 Å². The summed E-state index contributed by atoms with van der Waals surface area (Å²) in [5.74, 6) is 4.87. The van der Waals surface area contributed by atoms with Gasteiger partial charge in [-0.3, -0.25) is 0 Å². The minimum Gasteiger partial charge on any atom is -0.489 e. The van der Waals surface area contributed by atoms with E-state index in [0.717, 1.165) is 60.6 Å². The molecule has 1 fully saturated rings. The molecule has 8 heteroatoms. The third kappa shape index (κ3) is 14.3. The molecule has 6 aromatic heterocycles. The molecule has 1 aliphatic heterocycles. The van der Waals surface area contributed by atoms with Crippen LogP contribution in [0.3, 0.4) is 0 Å². The fraction of sp³-hybridized carbons (Fsp3) is 0.275. The molecule has 77 heavy (non-hydrogen) atoms. The average molecular weight is 1030 g/mol. The number of rotatable bonds is 13. The van der Waals surface area contributed by atoms with Gasteiger partial charge in [0.25, 0.3) is 0 Å². The molecule has 398 valence electrons. The summed E-state index contributed by atoms with van der Waals surface area (Å²) >= 11 is 0. The molecule has 0 spiro atoms. The largest absolute Gasteiger partial charge is 0.489 e. The molecule has 0 amide bonds. The van der Waals surface area contributed by atoms with Crippen LogP contribution in [0.25, 0.3) is 23.3 Å². The summed E-state index contributed by atoms with van der Waals surface area (Å²) in [5.41, 5.74) is 17.0. The van der Waals surface area contributed by atoms with Crippen LogP contribution in [0.1, 0.15) is 119 Å². The summed E-state index contributed by atoms with van der Waals surface area (Å²) in [4.78, 5) is 10.2. The molecule has 10 aromatic rings. The van der Waals surface area contributed by atoms with Crippen LogP contribution in [-0.4, -0.2) is 41.5 Å². The maximum atomic E-state index is 6.07. The lowest BCUT2D eigenvalue weighted by Gasteiger charge is -2.22. The van der Waals surface area contributed by atoms with Gasteiger partial charge in [0.05, 0.1) is 0 Å². The van der Waals surface area contributed by atoms with Crippen LogP contribution in [0.15, 0.2) is 188 Å². The summed E-state index contributed by atoms with van der Waals surface area (Å²) in [6.45, 7) is 23.6. The van der Waals surface area contributed by atoms with Gasteiger partial charge in [-0.1, -0.05) is 124 Å². The first-order valence-corrected chi connectivity index (χ1v) is 27.1. The number of benzene rings is 4. The maximum Gasteiger partial charge on any atom is 0.139 e. The minimum absolute atomic E-state index is 0. The third-order valence-electron chi connectivity index (χ3n) is 14.0. The quantitative estimate of drug-likeness (QED) is 0.115. The standard InChI is InChI=1S/C38H37N3O.C24H25N3.C4H8O.C2H6.CH4/c1-27-15-16-28(2)40(27)37-24-34(25-38(39-37)41-29(3)17-18-30(41)4)36(33-13-9-6-10-14-33)23-31-19-21-35(22-20-31)42-26-32-11-7-5-8-12-32;1-17-10-11-18(2)26(17)23-15-22(14-21-8-6-5-7-9-21)16-24(25-23)27-19(3)12-13-20(27)4;1-2-4-5-3-1;1-2;/h5-22,24-25,36H,23,26H2,1-4H3;5-13,15-16H,14H2,1-4H3;1-4H2;1-2H3;1H4. The number of aromatic nitrogens is 6. The van der Waals surface area contributed by atoms with Crippen LogP contribution in [0, 0.1) is 55.4 Å². The van der Waals surface area contributed by atoms with Gasteiger partial charge in [0.1, 0.15) is 35.6 Å². The number of ether oxygens (including phenoxy) is 2. The highest BCUT2D eigenvalue weighted by atomic mass is 16.5. The first-order valence-electron chi connectivity index (χ1n) is 27.1. The molecule has 11 rings (SSSR count). The molecule has 7 heterocycles. The van der Waals surface area contributed by atoms with Crippen LogP contribution < -0.4 is 4.74 Å². The summed E-state index contributed by atoms with van der Waals surface area (Å²) < 4.78 is 20.0. The Balaban J connectivity index is 0.000000210. The van der Waals surface area contributed by atoms with Gasteiger partial charge in [-0.2, -0.15) is 0 Å². The van der Waals surface area contributed by atoms with E-state index in [1.54, 1.807) is 0 Å². The maximum absolute atomic E-state index is 6.07. The van der Waals surface area contributed by atoms with Crippen LogP contribution in [0.2, 0.25) is 0 Å². The monoisotopic (exact) mass is 1020 g/mol. The summed E-state index contributed by atoms with van der Waals surface area (Å²) in [6, 6.07) is 66.5. The van der Waals surface area contributed by atoms with Gasteiger partial charge >= 0.3 is 0 Å². The highest BCUT2D eigenvalue weighted by Gasteiger charge is 2.21. The van der Waals surface area contributed by atoms with E-state index in [1.807, 2.05) is 32.0 Å². The highest BCUT2D eigenvalue weighted by molar-refractivity contribution is 5.48. The lowest BCUT2D eigenvalue weighted by atomic mass is 9.86. The van der Waals surface area contributed by atoms with Gasteiger partial charge in [-0.25, -0.2) is 9.97 Å². The van der Waals surface area contributed by atoms with Crippen molar-refractivity contribution in [2.24, 2.45) is 0 Å². The molecule has 1 atom stereocenters. The first-order chi connectivity index (χ1) is 37.0. The van der Waals surface area contributed by atoms with Crippen molar-refractivity contribution >= 4 is 0 Å². The van der Waals surface area contributed by atoms with Crippen LogP contribution in [-0.2, 0) is 24.2 Å². The van der Waals surface area contributed by atoms with Gasteiger partial charge in [0.15, 0.2) is 0 Å². The van der Waals surface area contributed by atoms with Gasteiger partial charge in [-0.05, 0) is 199 Å². The normalized spacial score (nSPS) is 12.0. The Labute approximate surface area is 459 Å². The molecule has 0 radical (unpaired) electrons. The second kappa shape index (κ2) is 27.2. The zero-order chi connectivity index (χ0) is 53.6. The lowest BCUT2D eigenvalue weighted by molar-refractivity contribution is 0.198. The fourth-order valence-electron chi connectivity index (χ4n) is 10.1. The van der Waals surface area contributed by atoms with Crippen LogP contribution in [0.5, 0.6) is 5.75 Å². The van der Waals surface area contributed by atoms with Crippen molar-refractivity contribution in [1.82, 2.24) is 28.2 Å². The SMILES string of the molecule is C.C1CCOC1.CC.Cc1ccc(C)n1-c1cc(C(Cc2ccc(OCc3ccccc3)cc2)c2ccccc2)cc(-n2c(C)ccc2C)n1.Cc1ccc(C)n1-c1cc(Cc2ccccc2)cc(-n2c(C)ccc2C)n1. The van der Waals surface area contributed by atoms with Gasteiger partial charge in [0.2, 0.25) is 0 Å². The molecular formula is C69H80N6O2. The Morgan fingerprint density at radius 3 is 1.14 bits per heavy atom. The second-order valence-corrected chi connectivity index (χ2v) is 19.7. The predicted octanol–water partition coefficient (Wildman–Crippen LogP) is 16.8. The number of aryl methyl sites for hydroxylation is 8. The van der Waals surface area contributed by atoms with Gasteiger partial charge < -0.3 is 27.7 Å². The van der Waals surface area contributed by atoms with Crippen molar-refractivity contribution in [3.63, 3.8) is 0 Å². The summed E-state index contributed by atoms with van der Waals surface area (Å²) in [7, 11) is 0. The van der Waals surface area contributed by atoms with E-state index >= 15 is 0 Å². The number of hydrogen-bond donors (Lipinski definition) is 0. The van der Waals surface area contributed by atoms with E-state index < -0.39 is 0 Å². The molecule has 8 nitrogen and oxygen atoms in total. The van der Waals surface area contributed by atoms with Crippen molar-refractivity contribution in [1.29, 1.82) is 0 Å². The van der Waals surface area contributed by atoms with Crippen LogP contribution in [0.4, 0.5) is 0 Å². The van der Waals surface area contributed by atoms with Crippen molar-refractivity contribution in [3.8, 4) is 29.0 Å². The topological polar surface area (TPSA) is 64.0 Å². The Morgan fingerprint density at radius 2 is 0.766 bits per heavy atom. The minimum atomic E-state index is 0. The van der Waals surface area contributed by atoms with Crippen molar-refractivity contribution in [2.45, 2.75) is 115 Å². The van der Waals surface area contributed by atoms with E-state index in [2.05, 4.69) is 244 Å². The zero-order valence-corrected chi connectivity index (χ0v) is 46.4. The van der Waals surface area contributed by atoms with E-state index in [-0.39, 0.29) is 13.3 Å². The number of nitrogens with zero attached hydrogens (tertiary/aromatic N) is 6. The molecule has 1 saturated heterocycles. The zero-order valence-electron chi connectivity index (χ0n) is 46.4. The average Bonchev–Trinajstić information content (AvgIpc) is 4.33. The molecule has 1 unspecified atom stereocenters. The molecule has 4 aromatic carbocycles. The Kier molecular flexibility index (Phi) is 20.1.